The third kappa shape index (κ3) is 4.96. The fourth-order valence-corrected chi connectivity index (χ4v) is 4.56. The molecule has 1 saturated heterocycles. The summed E-state index contributed by atoms with van der Waals surface area (Å²) < 4.78 is 0. The molecular weight excluding hydrogens is 386 g/mol. The van der Waals surface area contributed by atoms with Gasteiger partial charge in [0, 0.05) is 18.3 Å². The number of aliphatic carboxylic acids is 1. The van der Waals surface area contributed by atoms with E-state index in [-0.39, 0.29) is 6.54 Å². The van der Waals surface area contributed by atoms with E-state index in [4.69, 9.17) is 10.1 Å². The number of rotatable bonds is 6. The van der Waals surface area contributed by atoms with Gasteiger partial charge in [0.15, 0.2) is 0 Å². The first-order valence-electron chi connectivity index (χ1n) is 9.64. The molecule has 0 spiro atoms. The second-order valence-corrected chi connectivity index (χ2v) is 8.32. The fourth-order valence-electron chi connectivity index (χ4n) is 3.50. The van der Waals surface area contributed by atoms with Crippen molar-refractivity contribution < 1.29 is 9.90 Å². The van der Waals surface area contributed by atoms with E-state index in [1.807, 2.05) is 48.4 Å². The van der Waals surface area contributed by atoms with Crippen LogP contribution in [0.1, 0.15) is 29.3 Å². The van der Waals surface area contributed by atoms with E-state index in [9.17, 15) is 4.79 Å². The number of nitrogens with zero attached hydrogens (tertiary/aromatic N) is 4. The largest absolute Gasteiger partial charge is 0.480 e. The Hall–Kier alpha value is -2.84. The second-order valence-electron chi connectivity index (χ2n) is 7.26. The lowest BCUT2D eigenvalue weighted by atomic mass is 9.98. The van der Waals surface area contributed by atoms with Crippen LogP contribution in [0.5, 0.6) is 0 Å². The number of aryl methyl sites for hydroxylation is 1. The molecule has 3 aromatic rings. The Morgan fingerprint density at radius 2 is 2.07 bits per heavy atom. The second kappa shape index (κ2) is 8.67. The SMILES string of the molecule is Cc1ccnc(Nc2cccc(-c3cnc(C4CCN(CC(=O)O)CC4)s3)n2)c1. The van der Waals surface area contributed by atoms with E-state index < -0.39 is 5.97 Å². The van der Waals surface area contributed by atoms with Crippen LogP contribution < -0.4 is 5.32 Å². The third-order valence-electron chi connectivity index (χ3n) is 4.99. The number of pyridine rings is 2. The Morgan fingerprint density at radius 1 is 1.24 bits per heavy atom. The summed E-state index contributed by atoms with van der Waals surface area (Å²) in [6.45, 7) is 3.75. The zero-order valence-corrected chi connectivity index (χ0v) is 17.0. The van der Waals surface area contributed by atoms with Crippen LogP contribution >= 0.6 is 11.3 Å². The highest BCUT2D eigenvalue weighted by atomic mass is 32.1. The molecule has 0 bridgehead atoms. The molecule has 0 unspecified atom stereocenters. The van der Waals surface area contributed by atoms with E-state index in [1.165, 1.54) is 0 Å². The molecule has 29 heavy (non-hydrogen) atoms. The Balaban J connectivity index is 1.44. The van der Waals surface area contributed by atoms with Crippen LogP contribution in [0, 0.1) is 6.92 Å². The van der Waals surface area contributed by atoms with Crippen molar-refractivity contribution in [3.63, 3.8) is 0 Å². The van der Waals surface area contributed by atoms with Gasteiger partial charge >= 0.3 is 5.97 Å². The molecule has 0 saturated carbocycles. The summed E-state index contributed by atoms with van der Waals surface area (Å²) in [5.74, 6) is 1.14. The molecule has 7 nitrogen and oxygen atoms in total. The van der Waals surface area contributed by atoms with Crippen molar-refractivity contribution in [2.45, 2.75) is 25.7 Å². The number of nitrogens with one attached hydrogen (secondary N) is 1. The maximum Gasteiger partial charge on any atom is 0.317 e. The lowest BCUT2D eigenvalue weighted by molar-refractivity contribution is -0.138. The molecular formula is C21H23N5O2S. The molecule has 0 atom stereocenters. The topological polar surface area (TPSA) is 91.2 Å². The van der Waals surface area contributed by atoms with Crippen molar-refractivity contribution in [3.8, 4) is 10.6 Å². The predicted molar refractivity (Wildman–Crippen MR) is 114 cm³/mol. The number of carbonyl (C=O) groups is 1. The van der Waals surface area contributed by atoms with Crippen LogP contribution in [0.25, 0.3) is 10.6 Å². The lowest BCUT2D eigenvalue weighted by Gasteiger charge is -2.29. The van der Waals surface area contributed by atoms with Gasteiger partial charge in [0.2, 0.25) is 0 Å². The molecule has 150 valence electrons. The summed E-state index contributed by atoms with van der Waals surface area (Å²) in [6.07, 6.45) is 5.54. The van der Waals surface area contributed by atoms with Gasteiger partial charge in [-0.15, -0.1) is 11.3 Å². The van der Waals surface area contributed by atoms with Crippen molar-refractivity contribution in [1.29, 1.82) is 0 Å². The van der Waals surface area contributed by atoms with Gasteiger partial charge in [-0.05, 0) is 62.7 Å². The Kier molecular flexibility index (Phi) is 5.82. The normalized spacial score (nSPS) is 15.3. The number of aromatic nitrogens is 3. The van der Waals surface area contributed by atoms with E-state index in [1.54, 1.807) is 17.5 Å². The van der Waals surface area contributed by atoms with Crippen LogP contribution in [0.15, 0.2) is 42.7 Å². The molecule has 4 rings (SSSR count). The first-order chi connectivity index (χ1) is 14.1. The number of thiazole rings is 1. The van der Waals surface area contributed by atoms with E-state index >= 15 is 0 Å². The highest BCUT2D eigenvalue weighted by molar-refractivity contribution is 7.15. The molecule has 0 aromatic carbocycles. The maximum atomic E-state index is 10.9. The fraction of sp³-hybridized carbons (Fsp3) is 0.333. The Bertz CT molecular complexity index is 998. The zero-order valence-electron chi connectivity index (χ0n) is 16.2. The smallest absolute Gasteiger partial charge is 0.317 e. The number of hydrogen-bond donors (Lipinski definition) is 2. The average Bonchev–Trinajstić information content (AvgIpc) is 3.19. The first kappa shape index (κ1) is 19.5. The van der Waals surface area contributed by atoms with Crippen molar-refractivity contribution >= 4 is 28.9 Å². The summed E-state index contributed by atoms with van der Waals surface area (Å²) in [6, 6.07) is 9.83. The van der Waals surface area contributed by atoms with Crippen LogP contribution in [-0.4, -0.2) is 50.6 Å². The highest BCUT2D eigenvalue weighted by Crippen LogP contribution is 2.34. The molecule has 2 N–H and O–H groups in total. The zero-order chi connectivity index (χ0) is 20.2. The van der Waals surface area contributed by atoms with E-state index in [0.29, 0.717) is 5.92 Å². The molecule has 8 heteroatoms. The minimum Gasteiger partial charge on any atom is -0.480 e. The van der Waals surface area contributed by atoms with Gasteiger partial charge in [-0.1, -0.05) is 6.07 Å². The van der Waals surface area contributed by atoms with Crippen LogP contribution in [0.2, 0.25) is 0 Å². The monoisotopic (exact) mass is 409 g/mol. The number of anilines is 2. The Morgan fingerprint density at radius 3 is 2.83 bits per heavy atom. The molecule has 0 radical (unpaired) electrons. The van der Waals surface area contributed by atoms with Gasteiger partial charge < -0.3 is 10.4 Å². The minimum atomic E-state index is -0.764. The maximum absolute atomic E-state index is 10.9. The molecule has 1 fully saturated rings. The van der Waals surface area contributed by atoms with E-state index in [2.05, 4.69) is 15.3 Å². The molecule has 0 amide bonds. The predicted octanol–water partition coefficient (Wildman–Crippen LogP) is 3.92. The summed E-state index contributed by atoms with van der Waals surface area (Å²) in [5, 5.41) is 13.3. The quantitative estimate of drug-likeness (QED) is 0.638. The van der Waals surface area contributed by atoms with Crippen LogP contribution in [0.3, 0.4) is 0 Å². The number of likely N-dealkylation sites (tertiary alicyclic amines) is 1. The molecule has 1 aliphatic rings. The van der Waals surface area contributed by atoms with Crippen molar-refractivity contribution in [2.24, 2.45) is 0 Å². The third-order valence-corrected chi connectivity index (χ3v) is 6.17. The van der Waals surface area contributed by atoms with Gasteiger partial charge in [0.1, 0.15) is 11.6 Å². The van der Waals surface area contributed by atoms with Crippen LogP contribution in [0.4, 0.5) is 11.6 Å². The average molecular weight is 410 g/mol. The van der Waals surface area contributed by atoms with Gasteiger partial charge in [-0.3, -0.25) is 9.69 Å². The van der Waals surface area contributed by atoms with Crippen molar-refractivity contribution in [3.05, 3.63) is 53.3 Å². The molecule has 3 aromatic heterocycles. The number of carboxylic acid groups (broad SMARTS) is 1. The van der Waals surface area contributed by atoms with Crippen molar-refractivity contribution in [1.82, 2.24) is 19.9 Å². The van der Waals surface area contributed by atoms with Crippen LogP contribution in [-0.2, 0) is 4.79 Å². The van der Waals surface area contributed by atoms with Gasteiger partial charge in [-0.25, -0.2) is 15.0 Å². The number of carboxylic acids is 1. The molecule has 1 aliphatic heterocycles. The van der Waals surface area contributed by atoms with Crippen molar-refractivity contribution in [2.75, 3.05) is 25.0 Å². The summed E-state index contributed by atoms with van der Waals surface area (Å²) in [5.41, 5.74) is 2.02. The van der Waals surface area contributed by atoms with Gasteiger partial charge in [0.25, 0.3) is 0 Å². The number of piperidine rings is 1. The lowest BCUT2D eigenvalue weighted by Crippen LogP contribution is -2.36. The first-order valence-corrected chi connectivity index (χ1v) is 10.5. The molecule has 0 aliphatic carbocycles. The van der Waals surface area contributed by atoms with Gasteiger partial charge in [-0.2, -0.15) is 0 Å². The number of hydrogen-bond acceptors (Lipinski definition) is 7. The molecule has 4 heterocycles. The van der Waals surface area contributed by atoms with Gasteiger partial charge in [0.05, 0.1) is 22.1 Å². The Labute approximate surface area is 173 Å². The summed E-state index contributed by atoms with van der Waals surface area (Å²) in [7, 11) is 0. The standard InChI is InChI=1S/C21H23N5O2S/c1-14-5-8-22-19(11-14)25-18-4-2-3-16(24-18)17-12-23-21(29-17)15-6-9-26(10-7-15)13-20(27)28/h2-5,8,11-12,15H,6-7,9-10,13H2,1H3,(H,27,28)(H,22,24,25). The minimum absolute atomic E-state index is 0.120. The van der Waals surface area contributed by atoms with E-state index in [0.717, 1.165) is 58.7 Å². The highest BCUT2D eigenvalue weighted by Gasteiger charge is 2.24. The summed E-state index contributed by atoms with van der Waals surface area (Å²) >= 11 is 1.67. The summed E-state index contributed by atoms with van der Waals surface area (Å²) in [4.78, 5) is 27.6.